The molecule has 0 saturated carbocycles. The van der Waals surface area contributed by atoms with Crippen molar-refractivity contribution in [3.05, 3.63) is 65.5 Å². The Balaban J connectivity index is 2.02. The van der Waals surface area contributed by atoms with E-state index in [4.69, 9.17) is 0 Å². The van der Waals surface area contributed by atoms with Crippen LogP contribution in [-0.4, -0.2) is 36.4 Å². The van der Waals surface area contributed by atoms with Crippen LogP contribution in [0.4, 0.5) is 0 Å². The lowest BCUT2D eigenvalue weighted by Crippen LogP contribution is -2.34. The number of carbonyl (C=O) groups is 1. The molecule has 0 spiro atoms. The Morgan fingerprint density at radius 1 is 1.19 bits per heavy atom. The van der Waals surface area contributed by atoms with E-state index < -0.39 is 0 Å². The van der Waals surface area contributed by atoms with Crippen molar-refractivity contribution in [1.29, 1.82) is 0 Å². The zero-order valence-corrected chi connectivity index (χ0v) is 12.7. The number of rotatable bonds is 5. The third-order valence-electron chi connectivity index (χ3n) is 3.44. The number of benzene rings is 1. The summed E-state index contributed by atoms with van der Waals surface area (Å²) in [6, 6.07) is 13.9. The van der Waals surface area contributed by atoms with E-state index in [9.17, 15) is 4.79 Å². The molecule has 1 atom stereocenters. The molecule has 0 aliphatic heterocycles. The number of aromatic nitrogens is 1. The minimum absolute atomic E-state index is 0.0923. The Kier molecular flexibility index (Phi) is 5.06. The fourth-order valence-corrected chi connectivity index (χ4v) is 2.17. The van der Waals surface area contributed by atoms with Gasteiger partial charge in [0.1, 0.15) is 0 Å². The molecule has 110 valence electrons. The van der Waals surface area contributed by atoms with Gasteiger partial charge in [-0.05, 0) is 38.7 Å². The third-order valence-corrected chi connectivity index (χ3v) is 3.44. The SMILES string of the molecule is Cc1ccc(C(=O)NC[C@@H](c2ccccc2)N(C)C)cn1. The zero-order valence-electron chi connectivity index (χ0n) is 12.7. The molecule has 1 amide bonds. The molecule has 4 nitrogen and oxygen atoms in total. The fraction of sp³-hybridized carbons (Fsp3) is 0.294. The average Bonchev–Trinajstić information content (AvgIpc) is 2.48. The van der Waals surface area contributed by atoms with Gasteiger partial charge in [0.2, 0.25) is 0 Å². The molecule has 0 aliphatic carbocycles. The van der Waals surface area contributed by atoms with E-state index in [1.807, 2.05) is 45.3 Å². The van der Waals surface area contributed by atoms with Crippen molar-refractivity contribution in [1.82, 2.24) is 15.2 Å². The molecule has 0 fully saturated rings. The Bertz CT molecular complexity index is 579. The topological polar surface area (TPSA) is 45.2 Å². The second-order valence-corrected chi connectivity index (χ2v) is 5.29. The summed E-state index contributed by atoms with van der Waals surface area (Å²) >= 11 is 0. The Hall–Kier alpha value is -2.20. The van der Waals surface area contributed by atoms with Crippen LogP contribution in [0.5, 0.6) is 0 Å². The first-order valence-corrected chi connectivity index (χ1v) is 7.00. The molecule has 4 heteroatoms. The lowest BCUT2D eigenvalue weighted by molar-refractivity contribution is 0.0941. The van der Waals surface area contributed by atoms with E-state index in [1.54, 1.807) is 12.3 Å². The van der Waals surface area contributed by atoms with Crippen LogP contribution in [0.15, 0.2) is 48.7 Å². The van der Waals surface area contributed by atoms with Gasteiger partial charge in [0.25, 0.3) is 5.91 Å². The molecular weight excluding hydrogens is 262 g/mol. The van der Waals surface area contributed by atoms with E-state index in [2.05, 4.69) is 27.3 Å². The number of carbonyl (C=O) groups excluding carboxylic acids is 1. The van der Waals surface area contributed by atoms with Gasteiger partial charge in [-0.3, -0.25) is 9.78 Å². The van der Waals surface area contributed by atoms with Gasteiger partial charge in [-0.25, -0.2) is 0 Å². The summed E-state index contributed by atoms with van der Waals surface area (Å²) < 4.78 is 0. The summed E-state index contributed by atoms with van der Waals surface area (Å²) in [5, 5.41) is 2.98. The van der Waals surface area contributed by atoms with Gasteiger partial charge in [-0.1, -0.05) is 30.3 Å². The lowest BCUT2D eigenvalue weighted by atomic mass is 10.1. The minimum Gasteiger partial charge on any atom is -0.350 e. The number of amides is 1. The van der Waals surface area contributed by atoms with Gasteiger partial charge in [0.15, 0.2) is 0 Å². The first-order chi connectivity index (χ1) is 10.1. The second kappa shape index (κ2) is 6.99. The van der Waals surface area contributed by atoms with Gasteiger partial charge < -0.3 is 10.2 Å². The molecule has 1 aromatic carbocycles. The van der Waals surface area contributed by atoms with Crippen molar-refractivity contribution in [2.45, 2.75) is 13.0 Å². The summed E-state index contributed by atoms with van der Waals surface area (Å²) in [5.74, 6) is -0.0923. The minimum atomic E-state index is -0.0923. The van der Waals surface area contributed by atoms with Crippen molar-refractivity contribution in [3.63, 3.8) is 0 Å². The molecule has 0 bridgehead atoms. The van der Waals surface area contributed by atoms with Crippen molar-refractivity contribution in [2.24, 2.45) is 0 Å². The smallest absolute Gasteiger partial charge is 0.252 e. The van der Waals surface area contributed by atoms with E-state index in [-0.39, 0.29) is 11.9 Å². The standard InChI is InChI=1S/C17H21N3O/c1-13-9-10-15(11-18-13)17(21)19-12-16(20(2)3)14-7-5-4-6-8-14/h4-11,16H,12H2,1-3H3,(H,19,21)/t16-/m0/s1. The maximum Gasteiger partial charge on any atom is 0.252 e. The average molecular weight is 283 g/mol. The maximum absolute atomic E-state index is 12.1. The number of likely N-dealkylation sites (N-methyl/N-ethyl adjacent to an activating group) is 1. The molecule has 2 rings (SSSR count). The zero-order chi connectivity index (χ0) is 15.2. The summed E-state index contributed by atoms with van der Waals surface area (Å²) in [4.78, 5) is 18.4. The van der Waals surface area contributed by atoms with Gasteiger partial charge in [-0.15, -0.1) is 0 Å². The van der Waals surface area contributed by atoms with E-state index >= 15 is 0 Å². The summed E-state index contributed by atoms with van der Waals surface area (Å²) in [6.45, 7) is 2.46. The van der Waals surface area contributed by atoms with Gasteiger partial charge in [0.05, 0.1) is 11.6 Å². The first-order valence-electron chi connectivity index (χ1n) is 7.00. The van der Waals surface area contributed by atoms with Crippen LogP contribution in [-0.2, 0) is 0 Å². The number of aryl methyl sites for hydroxylation is 1. The fourth-order valence-electron chi connectivity index (χ4n) is 2.17. The molecule has 1 N–H and O–H groups in total. The monoisotopic (exact) mass is 283 g/mol. The van der Waals surface area contributed by atoms with Crippen LogP contribution in [0.1, 0.15) is 27.7 Å². The predicted molar refractivity (Wildman–Crippen MR) is 84.2 cm³/mol. The van der Waals surface area contributed by atoms with Crippen molar-refractivity contribution >= 4 is 5.91 Å². The molecular formula is C17H21N3O. The maximum atomic E-state index is 12.1. The molecule has 0 unspecified atom stereocenters. The number of hydrogen-bond donors (Lipinski definition) is 1. The molecule has 1 aromatic heterocycles. The van der Waals surface area contributed by atoms with Crippen LogP contribution in [0.25, 0.3) is 0 Å². The third kappa shape index (κ3) is 4.13. The number of nitrogens with zero attached hydrogens (tertiary/aromatic N) is 2. The highest BCUT2D eigenvalue weighted by Gasteiger charge is 2.15. The van der Waals surface area contributed by atoms with Crippen molar-refractivity contribution < 1.29 is 4.79 Å². The lowest BCUT2D eigenvalue weighted by Gasteiger charge is -2.25. The Morgan fingerprint density at radius 3 is 2.48 bits per heavy atom. The second-order valence-electron chi connectivity index (χ2n) is 5.29. The highest BCUT2D eigenvalue weighted by Crippen LogP contribution is 2.16. The van der Waals surface area contributed by atoms with Crippen LogP contribution < -0.4 is 5.32 Å². The highest BCUT2D eigenvalue weighted by molar-refractivity contribution is 5.93. The van der Waals surface area contributed by atoms with Crippen LogP contribution >= 0.6 is 0 Å². The highest BCUT2D eigenvalue weighted by atomic mass is 16.1. The van der Waals surface area contributed by atoms with E-state index in [0.29, 0.717) is 12.1 Å². The molecule has 0 radical (unpaired) electrons. The largest absolute Gasteiger partial charge is 0.350 e. The van der Waals surface area contributed by atoms with Crippen LogP contribution in [0.3, 0.4) is 0 Å². The Morgan fingerprint density at radius 2 is 1.90 bits per heavy atom. The van der Waals surface area contributed by atoms with Gasteiger partial charge in [-0.2, -0.15) is 0 Å². The van der Waals surface area contributed by atoms with Crippen LogP contribution in [0, 0.1) is 6.92 Å². The quantitative estimate of drug-likeness (QED) is 0.916. The number of nitrogens with one attached hydrogen (secondary N) is 1. The van der Waals surface area contributed by atoms with Crippen molar-refractivity contribution in [3.8, 4) is 0 Å². The molecule has 2 aromatic rings. The number of pyridine rings is 1. The molecule has 0 aliphatic rings. The summed E-state index contributed by atoms with van der Waals surface area (Å²) in [7, 11) is 4.02. The molecule has 0 saturated heterocycles. The van der Waals surface area contributed by atoms with Gasteiger partial charge >= 0.3 is 0 Å². The predicted octanol–water partition coefficient (Wildman–Crippen LogP) is 2.42. The Labute approximate surface area is 125 Å². The van der Waals surface area contributed by atoms with Crippen LogP contribution in [0.2, 0.25) is 0 Å². The number of hydrogen-bond acceptors (Lipinski definition) is 3. The molecule has 1 heterocycles. The first kappa shape index (κ1) is 15.2. The van der Waals surface area contributed by atoms with Gasteiger partial charge in [0, 0.05) is 18.4 Å². The van der Waals surface area contributed by atoms with Crippen molar-refractivity contribution in [2.75, 3.05) is 20.6 Å². The molecule has 21 heavy (non-hydrogen) atoms. The van der Waals surface area contributed by atoms with E-state index in [0.717, 1.165) is 5.69 Å². The summed E-state index contributed by atoms with van der Waals surface area (Å²) in [6.07, 6.45) is 1.61. The summed E-state index contributed by atoms with van der Waals surface area (Å²) in [5.41, 5.74) is 2.68. The van der Waals surface area contributed by atoms with E-state index in [1.165, 1.54) is 5.56 Å². The normalized spacial score (nSPS) is 12.2.